The predicted octanol–water partition coefficient (Wildman–Crippen LogP) is 2.26. The van der Waals surface area contributed by atoms with Crippen molar-refractivity contribution in [3.8, 4) is 5.75 Å². The molecule has 0 N–H and O–H groups in total. The fourth-order valence-corrected chi connectivity index (χ4v) is 2.36. The van der Waals surface area contributed by atoms with Crippen LogP contribution < -0.4 is 4.74 Å². The minimum absolute atomic E-state index is 0.322. The van der Waals surface area contributed by atoms with Crippen LogP contribution in [0.25, 0.3) is 0 Å². The zero-order chi connectivity index (χ0) is 9.71. The molecule has 0 aromatic heterocycles. The van der Waals surface area contributed by atoms with Gasteiger partial charge in [0.1, 0.15) is 18.5 Å². The van der Waals surface area contributed by atoms with E-state index in [1.165, 1.54) is 11.1 Å². The second-order valence-electron chi connectivity index (χ2n) is 4.21. The summed E-state index contributed by atoms with van der Waals surface area (Å²) in [7, 11) is 0. The predicted molar refractivity (Wildman–Crippen MR) is 53.8 cm³/mol. The second-order valence-corrected chi connectivity index (χ2v) is 4.21. The quantitative estimate of drug-likeness (QED) is 0.585. The maximum atomic E-state index is 5.70. The smallest absolute Gasteiger partial charge is 0.122 e. The average molecular weight is 190 g/mol. The molecule has 1 saturated heterocycles. The molecule has 74 valence electrons. The van der Waals surface area contributed by atoms with Gasteiger partial charge in [-0.2, -0.15) is 0 Å². The molecule has 14 heavy (non-hydrogen) atoms. The van der Waals surface area contributed by atoms with E-state index >= 15 is 0 Å². The first-order chi connectivity index (χ1) is 6.77. The molecule has 1 aromatic carbocycles. The van der Waals surface area contributed by atoms with Gasteiger partial charge in [0.2, 0.25) is 0 Å². The Morgan fingerprint density at radius 2 is 2.21 bits per heavy atom. The summed E-state index contributed by atoms with van der Waals surface area (Å²) in [5, 5.41) is 0. The van der Waals surface area contributed by atoms with E-state index in [1.54, 1.807) is 0 Å². The highest BCUT2D eigenvalue weighted by atomic mass is 16.6. The third kappa shape index (κ3) is 1.07. The Hall–Kier alpha value is -1.02. The summed E-state index contributed by atoms with van der Waals surface area (Å²) in [6.45, 7) is 5.07. The highest BCUT2D eigenvalue weighted by molar-refractivity contribution is 5.42. The normalized spacial score (nSPS) is 33.7. The standard InChI is InChI=1S/C12H14O2/c1-7-9-4-3-5-10(7)13-6-11-12(14-11)8(9)2/h3-5,8,11-12H,6H2,1-2H3. The van der Waals surface area contributed by atoms with Crippen molar-refractivity contribution in [2.75, 3.05) is 6.61 Å². The van der Waals surface area contributed by atoms with Crippen molar-refractivity contribution in [1.29, 1.82) is 0 Å². The largest absolute Gasteiger partial charge is 0.490 e. The Kier molecular flexibility index (Phi) is 1.62. The lowest BCUT2D eigenvalue weighted by molar-refractivity contribution is 0.260. The molecule has 2 aliphatic rings. The topological polar surface area (TPSA) is 21.8 Å². The van der Waals surface area contributed by atoms with E-state index in [0.29, 0.717) is 24.7 Å². The van der Waals surface area contributed by atoms with E-state index in [0.717, 1.165) is 5.75 Å². The van der Waals surface area contributed by atoms with Gasteiger partial charge < -0.3 is 9.47 Å². The molecule has 2 aliphatic heterocycles. The van der Waals surface area contributed by atoms with E-state index in [-0.39, 0.29) is 0 Å². The molecule has 0 saturated carbocycles. The Morgan fingerprint density at radius 1 is 1.36 bits per heavy atom. The van der Waals surface area contributed by atoms with Gasteiger partial charge in [0.25, 0.3) is 0 Å². The fraction of sp³-hybridized carbons (Fsp3) is 0.500. The molecule has 2 bridgehead atoms. The van der Waals surface area contributed by atoms with Crippen molar-refractivity contribution >= 4 is 0 Å². The lowest BCUT2D eigenvalue weighted by Gasteiger charge is -2.18. The fourth-order valence-electron chi connectivity index (χ4n) is 2.36. The lowest BCUT2D eigenvalue weighted by atomic mass is 9.91. The number of hydrogen-bond donors (Lipinski definition) is 0. The zero-order valence-corrected chi connectivity index (χ0v) is 8.49. The molecule has 0 radical (unpaired) electrons. The summed E-state index contributed by atoms with van der Waals surface area (Å²) >= 11 is 0. The first kappa shape index (κ1) is 8.30. The van der Waals surface area contributed by atoms with Crippen LogP contribution in [0.1, 0.15) is 24.0 Å². The third-order valence-corrected chi connectivity index (χ3v) is 3.33. The molecule has 2 heterocycles. The number of fused-ring (bicyclic) bond motifs is 3. The maximum absolute atomic E-state index is 5.70. The summed E-state index contributed by atoms with van der Waals surface area (Å²) < 4.78 is 11.3. The van der Waals surface area contributed by atoms with Crippen molar-refractivity contribution in [1.82, 2.24) is 0 Å². The van der Waals surface area contributed by atoms with Gasteiger partial charge in [-0.25, -0.2) is 0 Å². The highest BCUT2D eigenvalue weighted by Crippen LogP contribution is 2.41. The number of benzene rings is 1. The van der Waals surface area contributed by atoms with Crippen LogP contribution in [0.2, 0.25) is 0 Å². The van der Waals surface area contributed by atoms with E-state index in [9.17, 15) is 0 Å². The van der Waals surface area contributed by atoms with E-state index in [2.05, 4.69) is 26.0 Å². The SMILES string of the molecule is Cc1c2cccc1C(C)C1OC1CO2. The van der Waals surface area contributed by atoms with Gasteiger partial charge >= 0.3 is 0 Å². The maximum Gasteiger partial charge on any atom is 0.122 e. The van der Waals surface area contributed by atoms with Crippen molar-refractivity contribution in [3.63, 3.8) is 0 Å². The molecule has 3 unspecified atom stereocenters. The Balaban J connectivity index is 2.11. The molecule has 2 nitrogen and oxygen atoms in total. The summed E-state index contributed by atoms with van der Waals surface area (Å²) in [6, 6.07) is 6.28. The minimum atomic E-state index is 0.322. The van der Waals surface area contributed by atoms with Crippen LogP contribution >= 0.6 is 0 Å². The van der Waals surface area contributed by atoms with Crippen LogP contribution in [-0.2, 0) is 4.74 Å². The average Bonchev–Trinajstić information content (AvgIpc) is 2.94. The molecule has 1 aromatic rings. The van der Waals surface area contributed by atoms with Crippen molar-refractivity contribution in [2.45, 2.75) is 32.0 Å². The molecule has 2 heteroatoms. The molecule has 0 spiro atoms. The third-order valence-electron chi connectivity index (χ3n) is 3.33. The van der Waals surface area contributed by atoms with Crippen LogP contribution in [0.5, 0.6) is 5.75 Å². The highest BCUT2D eigenvalue weighted by Gasteiger charge is 2.45. The summed E-state index contributed by atoms with van der Waals surface area (Å²) in [5.74, 6) is 1.52. The molecule has 3 rings (SSSR count). The van der Waals surface area contributed by atoms with Crippen LogP contribution in [0.4, 0.5) is 0 Å². The first-order valence-electron chi connectivity index (χ1n) is 5.15. The van der Waals surface area contributed by atoms with Crippen LogP contribution in [-0.4, -0.2) is 18.8 Å². The molecular formula is C12H14O2. The van der Waals surface area contributed by atoms with E-state index in [1.807, 2.05) is 6.07 Å². The first-order valence-corrected chi connectivity index (χ1v) is 5.15. The Labute approximate surface area is 83.8 Å². The van der Waals surface area contributed by atoms with Crippen molar-refractivity contribution in [3.05, 3.63) is 29.3 Å². The van der Waals surface area contributed by atoms with Crippen LogP contribution in [0.15, 0.2) is 18.2 Å². The molecule has 1 fully saturated rings. The van der Waals surface area contributed by atoms with Gasteiger partial charge in [0, 0.05) is 5.92 Å². The molecular weight excluding hydrogens is 176 g/mol. The molecule has 0 amide bonds. The Bertz CT molecular complexity index is 373. The van der Waals surface area contributed by atoms with Gasteiger partial charge in [0.05, 0.1) is 6.10 Å². The number of hydrogen-bond acceptors (Lipinski definition) is 2. The number of epoxide rings is 1. The van der Waals surface area contributed by atoms with Crippen molar-refractivity contribution in [2.24, 2.45) is 0 Å². The second kappa shape index (κ2) is 2.74. The minimum Gasteiger partial charge on any atom is -0.490 e. The van der Waals surface area contributed by atoms with Gasteiger partial charge in [-0.1, -0.05) is 19.1 Å². The van der Waals surface area contributed by atoms with Crippen molar-refractivity contribution < 1.29 is 9.47 Å². The van der Waals surface area contributed by atoms with Gasteiger partial charge in [0.15, 0.2) is 0 Å². The van der Waals surface area contributed by atoms with Crippen LogP contribution in [0, 0.1) is 6.92 Å². The number of ether oxygens (including phenoxy) is 2. The number of rotatable bonds is 0. The Morgan fingerprint density at radius 3 is 3.07 bits per heavy atom. The van der Waals surface area contributed by atoms with E-state index < -0.39 is 0 Å². The van der Waals surface area contributed by atoms with E-state index in [4.69, 9.17) is 9.47 Å². The zero-order valence-electron chi connectivity index (χ0n) is 8.49. The summed E-state index contributed by atoms with van der Waals surface area (Å²) in [4.78, 5) is 0. The molecule has 0 aliphatic carbocycles. The van der Waals surface area contributed by atoms with Crippen LogP contribution in [0.3, 0.4) is 0 Å². The van der Waals surface area contributed by atoms with Gasteiger partial charge in [-0.15, -0.1) is 0 Å². The molecule has 3 atom stereocenters. The summed E-state index contributed by atoms with van der Waals surface area (Å²) in [6.07, 6.45) is 0.701. The monoisotopic (exact) mass is 190 g/mol. The van der Waals surface area contributed by atoms with Gasteiger partial charge in [-0.3, -0.25) is 0 Å². The van der Waals surface area contributed by atoms with Gasteiger partial charge in [-0.05, 0) is 24.1 Å². The lowest BCUT2D eigenvalue weighted by Crippen LogP contribution is -2.16. The summed E-state index contributed by atoms with van der Waals surface area (Å²) in [5.41, 5.74) is 2.64.